The zero-order valence-corrected chi connectivity index (χ0v) is 11.6. The minimum absolute atomic E-state index is 0.124. The fourth-order valence-corrected chi connectivity index (χ4v) is 3.50. The quantitative estimate of drug-likeness (QED) is 0.900. The van der Waals surface area contributed by atoms with E-state index in [4.69, 9.17) is 0 Å². The largest absolute Gasteiger partial charge is 0.310 e. The molecule has 2 saturated heterocycles. The summed E-state index contributed by atoms with van der Waals surface area (Å²) in [5, 5.41) is 3.71. The molecular formula is C16H23FN2. The van der Waals surface area contributed by atoms with Crippen LogP contribution in [0, 0.1) is 5.82 Å². The normalized spacial score (nSPS) is 29.2. The number of benzene rings is 1. The molecule has 1 aromatic rings. The van der Waals surface area contributed by atoms with Crippen molar-refractivity contribution in [3.8, 4) is 0 Å². The van der Waals surface area contributed by atoms with Crippen LogP contribution in [0.3, 0.4) is 0 Å². The lowest BCUT2D eigenvalue weighted by atomic mass is 10.0. The van der Waals surface area contributed by atoms with Crippen LogP contribution in [0.4, 0.5) is 4.39 Å². The van der Waals surface area contributed by atoms with Crippen molar-refractivity contribution in [2.75, 3.05) is 13.1 Å². The molecule has 2 heterocycles. The molecule has 104 valence electrons. The summed E-state index contributed by atoms with van der Waals surface area (Å²) in [5.74, 6) is -0.124. The van der Waals surface area contributed by atoms with Gasteiger partial charge in [0.25, 0.3) is 0 Å². The van der Waals surface area contributed by atoms with Crippen LogP contribution in [0.15, 0.2) is 24.3 Å². The molecule has 3 heteroatoms. The monoisotopic (exact) mass is 262 g/mol. The first-order valence-electron chi connectivity index (χ1n) is 7.45. The Hall–Kier alpha value is -0.930. The Bertz CT molecular complexity index is 435. The van der Waals surface area contributed by atoms with Crippen LogP contribution >= 0.6 is 0 Å². The Morgan fingerprint density at radius 2 is 2.16 bits per heavy atom. The van der Waals surface area contributed by atoms with Gasteiger partial charge in [0.05, 0.1) is 0 Å². The van der Waals surface area contributed by atoms with Crippen molar-refractivity contribution in [1.82, 2.24) is 10.2 Å². The Balaban J connectivity index is 1.62. The van der Waals surface area contributed by atoms with Crippen molar-refractivity contribution in [3.63, 3.8) is 0 Å². The molecule has 3 rings (SSSR count). The van der Waals surface area contributed by atoms with Gasteiger partial charge in [-0.05, 0) is 56.8 Å². The van der Waals surface area contributed by atoms with Gasteiger partial charge >= 0.3 is 0 Å². The van der Waals surface area contributed by atoms with Gasteiger partial charge in [0, 0.05) is 24.7 Å². The second-order valence-corrected chi connectivity index (χ2v) is 6.10. The zero-order chi connectivity index (χ0) is 13.2. The molecule has 2 aliphatic heterocycles. The Kier molecular flexibility index (Phi) is 3.85. The maximum Gasteiger partial charge on any atom is 0.123 e. The first-order valence-corrected chi connectivity index (χ1v) is 7.45. The topological polar surface area (TPSA) is 15.3 Å². The lowest BCUT2D eigenvalue weighted by Gasteiger charge is -2.30. The third kappa shape index (κ3) is 3.15. The molecule has 0 amide bonds. The van der Waals surface area contributed by atoms with Gasteiger partial charge < -0.3 is 5.32 Å². The van der Waals surface area contributed by atoms with Crippen LogP contribution in [0.25, 0.3) is 0 Å². The fourth-order valence-electron chi connectivity index (χ4n) is 3.50. The average molecular weight is 262 g/mol. The van der Waals surface area contributed by atoms with Crippen LogP contribution in [0.5, 0.6) is 0 Å². The molecule has 0 aliphatic carbocycles. The zero-order valence-electron chi connectivity index (χ0n) is 11.6. The van der Waals surface area contributed by atoms with Crippen LogP contribution in [-0.2, 0) is 6.42 Å². The maximum atomic E-state index is 13.2. The first-order chi connectivity index (χ1) is 9.20. The van der Waals surface area contributed by atoms with Gasteiger partial charge in [-0.15, -0.1) is 0 Å². The van der Waals surface area contributed by atoms with Crippen molar-refractivity contribution < 1.29 is 4.39 Å². The predicted molar refractivity (Wildman–Crippen MR) is 75.7 cm³/mol. The predicted octanol–water partition coefficient (Wildman–Crippen LogP) is 2.58. The molecule has 1 aromatic carbocycles. The van der Waals surface area contributed by atoms with Crippen LogP contribution < -0.4 is 5.32 Å². The summed E-state index contributed by atoms with van der Waals surface area (Å²) < 4.78 is 13.2. The van der Waals surface area contributed by atoms with Crippen LogP contribution in [-0.4, -0.2) is 36.1 Å². The minimum atomic E-state index is -0.124. The summed E-state index contributed by atoms with van der Waals surface area (Å²) in [6.45, 7) is 4.58. The van der Waals surface area contributed by atoms with Gasteiger partial charge in [0.2, 0.25) is 0 Å². The van der Waals surface area contributed by atoms with Crippen molar-refractivity contribution in [2.24, 2.45) is 0 Å². The number of rotatable bonds is 3. The number of nitrogens with zero attached hydrogens (tertiary/aromatic N) is 1. The summed E-state index contributed by atoms with van der Waals surface area (Å²) in [7, 11) is 0. The number of hydrogen-bond donors (Lipinski definition) is 1. The molecule has 0 spiro atoms. The van der Waals surface area contributed by atoms with E-state index in [1.54, 1.807) is 6.07 Å². The second kappa shape index (κ2) is 5.59. The molecule has 19 heavy (non-hydrogen) atoms. The highest BCUT2D eigenvalue weighted by molar-refractivity contribution is 5.17. The maximum absolute atomic E-state index is 13.2. The van der Waals surface area contributed by atoms with Crippen molar-refractivity contribution in [1.29, 1.82) is 0 Å². The molecular weight excluding hydrogens is 239 g/mol. The fraction of sp³-hybridized carbons (Fsp3) is 0.625. The van der Waals surface area contributed by atoms with E-state index < -0.39 is 0 Å². The molecule has 2 aliphatic rings. The van der Waals surface area contributed by atoms with Crippen LogP contribution in [0.1, 0.15) is 31.7 Å². The van der Waals surface area contributed by atoms with Gasteiger partial charge in [-0.2, -0.15) is 0 Å². The number of hydrogen-bond acceptors (Lipinski definition) is 2. The van der Waals surface area contributed by atoms with Gasteiger partial charge in [-0.1, -0.05) is 12.1 Å². The standard InChI is InChI=1S/C16H23FN2/c1-12(9-13-3-2-4-14(17)10-13)19-8-7-15-5-6-16(11-19)18-15/h2-4,10,12,15-16,18H,5-9,11H2,1H3. The Morgan fingerprint density at radius 1 is 1.32 bits per heavy atom. The van der Waals surface area contributed by atoms with E-state index in [-0.39, 0.29) is 5.82 Å². The van der Waals surface area contributed by atoms with E-state index in [9.17, 15) is 4.39 Å². The van der Waals surface area contributed by atoms with E-state index in [2.05, 4.69) is 17.1 Å². The Morgan fingerprint density at radius 3 is 3.00 bits per heavy atom. The lowest BCUT2D eigenvalue weighted by molar-refractivity contribution is 0.197. The first kappa shape index (κ1) is 13.1. The third-order valence-corrected chi connectivity index (χ3v) is 4.60. The molecule has 3 atom stereocenters. The number of halogens is 1. The Labute approximate surface area is 115 Å². The smallest absolute Gasteiger partial charge is 0.123 e. The van der Waals surface area contributed by atoms with Crippen LogP contribution in [0.2, 0.25) is 0 Å². The number of fused-ring (bicyclic) bond motifs is 2. The van der Waals surface area contributed by atoms with E-state index in [0.29, 0.717) is 12.1 Å². The molecule has 0 aromatic heterocycles. The average Bonchev–Trinajstić information content (AvgIpc) is 2.68. The molecule has 2 bridgehead atoms. The van der Waals surface area contributed by atoms with E-state index in [0.717, 1.165) is 24.6 Å². The molecule has 2 fully saturated rings. The highest BCUT2D eigenvalue weighted by Gasteiger charge is 2.30. The summed E-state index contributed by atoms with van der Waals surface area (Å²) in [6.07, 6.45) is 4.85. The molecule has 1 N–H and O–H groups in total. The lowest BCUT2D eigenvalue weighted by Crippen LogP contribution is -2.41. The number of nitrogens with one attached hydrogen (secondary N) is 1. The van der Waals surface area contributed by atoms with Crippen molar-refractivity contribution >= 4 is 0 Å². The van der Waals surface area contributed by atoms with Crippen molar-refractivity contribution in [3.05, 3.63) is 35.6 Å². The molecule has 0 saturated carbocycles. The van der Waals surface area contributed by atoms with E-state index in [1.807, 2.05) is 12.1 Å². The van der Waals surface area contributed by atoms with Gasteiger partial charge in [0.15, 0.2) is 0 Å². The minimum Gasteiger partial charge on any atom is -0.310 e. The molecule has 2 nitrogen and oxygen atoms in total. The van der Waals surface area contributed by atoms with Gasteiger partial charge in [-0.3, -0.25) is 4.90 Å². The second-order valence-electron chi connectivity index (χ2n) is 6.10. The summed E-state index contributed by atoms with van der Waals surface area (Å²) in [5.41, 5.74) is 1.11. The van der Waals surface area contributed by atoms with Gasteiger partial charge in [0.1, 0.15) is 5.82 Å². The highest BCUT2D eigenvalue weighted by atomic mass is 19.1. The van der Waals surface area contributed by atoms with Gasteiger partial charge in [-0.25, -0.2) is 4.39 Å². The molecule has 3 unspecified atom stereocenters. The molecule has 0 radical (unpaired) electrons. The SMILES string of the molecule is CC(Cc1cccc(F)c1)N1CCC2CCC(C1)N2. The summed E-state index contributed by atoms with van der Waals surface area (Å²) in [6, 6.07) is 8.91. The van der Waals surface area contributed by atoms with E-state index >= 15 is 0 Å². The number of likely N-dealkylation sites (tertiary alicyclic amines) is 1. The highest BCUT2D eigenvalue weighted by Crippen LogP contribution is 2.22. The van der Waals surface area contributed by atoms with E-state index in [1.165, 1.54) is 31.9 Å². The summed E-state index contributed by atoms with van der Waals surface area (Å²) in [4.78, 5) is 2.57. The summed E-state index contributed by atoms with van der Waals surface area (Å²) >= 11 is 0. The third-order valence-electron chi connectivity index (χ3n) is 4.60. The van der Waals surface area contributed by atoms with Crippen molar-refractivity contribution in [2.45, 2.75) is 50.7 Å².